The Kier molecular flexibility index (Phi) is 4.65. The fraction of sp³-hybridized carbons (Fsp3) is 0.300. The second kappa shape index (κ2) is 6.02. The number of nitrogens with zero attached hydrogens (tertiary/aromatic N) is 2. The van der Waals surface area contributed by atoms with Crippen LogP contribution in [0.5, 0.6) is 0 Å². The van der Waals surface area contributed by atoms with Crippen LogP contribution >= 0.6 is 11.3 Å². The van der Waals surface area contributed by atoms with Crippen LogP contribution < -0.4 is 0 Å². The molecule has 0 amide bonds. The minimum Gasteiger partial charge on any atom is -0.512 e. The zero-order valence-electron chi connectivity index (χ0n) is 9.01. The maximum atomic E-state index is 11.4. The van der Waals surface area contributed by atoms with Gasteiger partial charge in [0.15, 0.2) is 0 Å². The molecule has 16 heavy (non-hydrogen) atoms. The molecule has 0 fully saturated rings. The Morgan fingerprint density at radius 1 is 1.75 bits per heavy atom. The first-order valence-corrected chi connectivity index (χ1v) is 5.53. The summed E-state index contributed by atoms with van der Waals surface area (Å²) in [5, 5.41) is 11.6. The van der Waals surface area contributed by atoms with Crippen molar-refractivity contribution in [2.75, 3.05) is 6.61 Å². The summed E-state index contributed by atoms with van der Waals surface area (Å²) in [6.07, 6.45) is 2.86. The van der Waals surface area contributed by atoms with Crippen LogP contribution in [0.4, 0.5) is 5.13 Å². The Balaban J connectivity index is 2.82. The van der Waals surface area contributed by atoms with E-state index in [1.165, 1.54) is 24.5 Å². The molecule has 1 rings (SSSR count). The highest BCUT2D eigenvalue weighted by atomic mass is 32.1. The quantitative estimate of drug-likeness (QED) is 0.379. The van der Waals surface area contributed by atoms with Crippen LogP contribution in [0.2, 0.25) is 0 Å². The predicted octanol–water partition coefficient (Wildman–Crippen LogP) is 2.24. The van der Waals surface area contributed by atoms with Gasteiger partial charge in [0.1, 0.15) is 11.3 Å². The highest BCUT2D eigenvalue weighted by Crippen LogP contribution is 2.14. The minimum absolute atomic E-state index is 0.0389. The van der Waals surface area contributed by atoms with E-state index in [0.29, 0.717) is 5.13 Å². The molecule has 6 heteroatoms. The lowest BCUT2D eigenvalue weighted by Gasteiger charge is -2.02. The van der Waals surface area contributed by atoms with Gasteiger partial charge in [-0.3, -0.25) is 0 Å². The molecule has 86 valence electrons. The van der Waals surface area contributed by atoms with Crippen molar-refractivity contribution in [1.29, 1.82) is 0 Å². The van der Waals surface area contributed by atoms with Gasteiger partial charge >= 0.3 is 5.97 Å². The Morgan fingerprint density at radius 2 is 2.50 bits per heavy atom. The van der Waals surface area contributed by atoms with Crippen LogP contribution in [0, 0.1) is 0 Å². The third-order valence-corrected chi connectivity index (χ3v) is 2.29. The van der Waals surface area contributed by atoms with Gasteiger partial charge in [-0.1, -0.05) is 0 Å². The molecule has 1 N–H and O–H groups in total. The number of aromatic nitrogens is 1. The number of hydrogen-bond acceptors (Lipinski definition) is 6. The number of allylic oxidation sites excluding steroid dienone is 1. The number of ether oxygens (including phenoxy) is 1. The fourth-order valence-corrected chi connectivity index (χ4v) is 1.38. The fourth-order valence-electron chi connectivity index (χ4n) is 0.902. The summed E-state index contributed by atoms with van der Waals surface area (Å²) >= 11 is 1.34. The number of aliphatic hydroxyl groups is 1. The van der Waals surface area contributed by atoms with Crippen LogP contribution in [-0.2, 0) is 9.53 Å². The molecule has 1 aromatic heterocycles. The molecule has 0 bridgehead atoms. The van der Waals surface area contributed by atoms with E-state index in [4.69, 9.17) is 4.74 Å². The SMILES string of the molecule is CCOC(=O)C(C=Nc1nccs1)=C(C)O. The lowest BCUT2D eigenvalue weighted by molar-refractivity contribution is -0.138. The zero-order chi connectivity index (χ0) is 12.0. The maximum absolute atomic E-state index is 11.4. The van der Waals surface area contributed by atoms with Gasteiger partial charge in [0.2, 0.25) is 5.13 Å². The normalized spacial score (nSPS) is 12.6. The summed E-state index contributed by atoms with van der Waals surface area (Å²) in [6.45, 7) is 3.35. The first-order valence-electron chi connectivity index (χ1n) is 4.65. The first-order chi connectivity index (χ1) is 7.65. The van der Waals surface area contributed by atoms with Crippen molar-refractivity contribution < 1.29 is 14.6 Å². The molecule has 1 heterocycles. The van der Waals surface area contributed by atoms with Crippen molar-refractivity contribution in [2.24, 2.45) is 4.99 Å². The summed E-state index contributed by atoms with van der Waals surface area (Å²) in [5.74, 6) is -0.721. The highest BCUT2D eigenvalue weighted by molar-refractivity contribution is 7.13. The zero-order valence-corrected chi connectivity index (χ0v) is 9.82. The van der Waals surface area contributed by atoms with Gasteiger partial charge < -0.3 is 9.84 Å². The Hall–Kier alpha value is -1.69. The molecule has 0 atom stereocenters. The monoisotopic (exact) mass is 240 g/mol. The van der Waals surface area contributed by atoms with Gasteiger partial charge in [-0.15, -0.1) is 11.3 Å². The van der Waals surface area contributed by atoms with Crippen molar-refractivity contribution >= 4 is 28.7 Å². The number of carbonyl (C=O) groups is 1. The predicted molar refractivity (Wildman–Crippen MR) is 62.2 cm³/mol. The lowest BCUT2D eigenvalue weighted by atomic mass is 10.2. The van der Waals surface area contributed by atoms with E-state index in [1.54, 1.807) is 18.5 Å². The van der Waals surface area contributed by atoms with Gasteiger partial charge in [-0.25, -0.2) is 14.8 Å². The Bertz CT molecular complexity index is 406. The summed E-state index contributed by atoms with van der Waals surface area (Å²) in [7, 11) is 0. The highest BCUT2D eigenvalue weighted by Gasteiger charge is 2.11. The van der Waals surface area contributed by atoms with Gasteiger partial charge in [0.05, 0.1) is 6.61 Å². The van der Waals surface area contributed by atoms with E-state index in [1.807, 2.05) is 0 Å². The van der Waals surface area contributed by atoms with Crippen molar-refractivity contribution in [3.05, 3.63) is 22.9 Å². The molecule has 0 saturated carbocycles. The maximum Gasteiger partial charge on any atom is 0.343 e. The molecule has 0 radical (unpaired) electrons. The van der Waals surface area contributed by atoms with E-state index in [9.17, 15) is 9.90 Å². The van der Waals surface area contributed by atoms with Gasteiger partial charge in [0, 0.05) is 17.8 Å². The molecule has 0 aromatic carbocycles. The summed E-state index contributed by atoms with van der Waals surface area (Å²) in [4.78, 5) is 19.3. The van der Waals surface area contributed by atoms with Crippen LogP contribution in [0.15, 0.2) is 27.9 Å². The molecular weight excluding hydrogens is 228 g/mol. The molecule has 0 aliphatic carbocycles. The molecule has 5 nitrogen and oxygen atoms in total. The molecule has 0 saturated heterocycles. The number of aliphatic hydroxyl groups excluding tert-OH is 1. The van der Waals surface area contributed by atoms with Gasteiger partial charge in [-0.05, 0) is 13.8 Å². The Labute approximate surface area is 97.1 Å². The number of rotatable bonds is 4. The van der Waals surface area contributed by atoms with E-state index in [2.05, 4.69) is 9.98 Å². The van der Waals surface area contributed by atoms with Crippen molar-refractivity contribution in [2.45, 2.75) is 13.8 Å². The van der Waals surface area contributed by atoms with E-state index in [0.717, 1.165) is 0 Å². The third kappa shape index (κ3) is 3.47. The average Bonchev–Trinajstić information content (AvgIpc) is 2.70. The number of aliphatic imine (C=N–C) groups is 1. The lowest BCUT2D eigenvalue weighted by Crippen LogP contribution is -2.10. The molecule has 0 aliphatic rings. The van der Waals surface area contributed by atoms with Crippen LogP contribution in [0.3, 0.4) is 0 Å². The van der Waals surface area contributed by atoms with E-state index in [-0.39, 0.29) is 17.9 Å². The molecular formula is C10H12N2O3S. The third-order valence-electron chi connectivity index (χ3n) is 1.61. The smallest absolute Gasteiger partial charge is 0.343 e. The van der Waals surface area contributed by atoms with Crippen molar-refractivity contribution in [3.63, 3.8) is 0 Å². The average molecular weight is 240 g/mol. The topological polar surface area (TPSA) is 71.8 Å². The Morgan fingerprint density at radius 3 is 3.00 bits per heavy atom. The van der Waals surface area contributed by atoms with E-state index >= 15 is 0 Å². The molecule has 1 aromatic rings. The molecule has 0 aliphatic heterocycles. The standard InChI is InChI=1S/C10H12N2O3S/c1-3-15-9(14)8(7(2)13)6-12-10-11-4-5-16-10/h4-6,13H,3H2,1-2H3. The molecule has 0 spiro atoms. The first kappa shape index (κ1) is 12.4. The van der Waals surface area contributed by atoms with Crippen molar-refractivity contribution in [3.8, 4) is 0 Å². The minimum atomic E-state index is -0.595. The summed E-state index contributed by atoms with van der Waals surface area (Å²) in [6, 6.07) is 0. The van der Waals surface area contributed by atoms with Gasteiger partial charge in [0.25, 0.3) is 0 Å². The van der Waals surface area contributed by atoms with Gasteiger partial charge in [-0.2, -0.15) is 0 Å². The van der Waals surface area contributed by atoms with Crippen molar-refractivity contribution in [1.82, 2.24) is 4.98 Å². The second-order valence-corrected chi connectivity index (χ2v) is 3.67. The number of thiazole rings is 1. The van der Waals surface area contributed by atoms with Crippen LogP contribution in [-0.4, -0.2) is 28.9 Å². The molecule has 0 unspecified atom stereocenters. The number of carbonyl (C=O) groups excluding carboxylic acids is 1. The summed E-state index contributed by atoms with van der Waals surface area (Å²) < 4.78 is 4.77. The second-order valence-electron chi connectivity index (χ2n) is 2.79. The summed E-state index contributed by atoms with van der Waals surface area (Å²) in [5.41, 5.74) is 0.0389. The van der Waals surface area contributed by atoms with Crippen LogP contribution in [0.25, 0.3) is 0 Å². The van der Waals surface area contributed by atoms with Crippen LogP contribution in [0.1, 0.15) is 13.8 Å². The number of hydrogen-bond donors (Lipinski definition) is 1. The van der Waals surface area contributed by atoms with E-state index < -0.39 is 5.97 Å². The number of esters is 1. The largest absolute Gasteiger partial charge is 0.512 e.